The van der Waals surface area contributed by atoms with E-state index in [9.17, 15) is 13.2 Å². The minimum Gasteiger partial charge on any atom is -0.454 e. The maximum absolute atomic E-state index is 12.3. The molecule has 0 aliphatic carbocycles. The van der Waals surface area contributed by atoms with Crippen LogP contribution in [0.4, 0.5) is 5.69 Å². The molecule has 0 fully saturated rings. The number of fused-ring (bicyclic) bond motifs is 1. The molecule has 0 saturated carbocycles. The van der Waals surface area contributed by atoms with E-state index in [1.165, 1.54) is 4.31 Å². The molecule has 1 heterocycles. The van der Waals surface area contributed by atoms with E-state index in [2.05, 4.69) is 5.32 Å². The van der Waals surface area contributed by atoms with Crippen LogP contribution in [0.15, 0.2) is 42.5 Å². The molecule has 8 heteroatoms. The maximum atomic E-state index is 12.3. The van der Waals surface area contributed by atoms with Gasteiger partial charge >= 0.3 is 0 Å². The number of aryl methyl sites for hydroxylation is 1. The second-order valence-electron chi connectivity index (χ2n) is 7.18. The first-order chi connectivity index (χ1) is 13.7. The topological polar surface area (TPSA) is 84.9 Å². The lowest BCUT2D eigenvalue weighted by Gasteiger charge is -2.23. The van der Waals surface area contributed by atoms with E-state index in [1.54, 1.807) is 18.2 Å². The van der Waals surface area contributed by atoms with Gasteiger partial charge in [-0.3, -0.25) is 9.10 Å². The molecule has 0 saturated heterocycles. The fourth-order valence-corrected chi connectivity index (χ4v) is 4.12. The lowest BCUT2D eigenvalue weighted by molar-refractivity contribution is -0.121. The first-order valence-electron chi connectivity index (χ1n) is 9.47. The van der Waals surface area contributed by atoms with E-state index in [0.717, 1.165) is 17.4 Å². The van der Waals surface area contributed by atoms with Gasteiger partial charge < -0.3 is 14.8 Å². The summed E-state index contributed by atoms with van der Waals surface area (Å²) < 4.78 is 36.4. The predicted molar refractivity (Wildman–Crippen MR) is 112 cm³/mol. The zero-order valence-corrected chi connectivity index (χ0v) is 17.7. The Hall–Kier alpha value is -2.74. The van der Waals surface area contributed by atoms with Crippen LogP contribution < -0.4 is 19.1 Å². The van der Waals surface area contributed by atoms with Gasteiger partial charge in [-0.05, 0) is 38.0 Å². The van der Waals surface area contributed by atoms with Crippen LogP contribution in [0.5, 0.6) is 11.5 Å². The van der Waals surface area contributed by atoms with Crippen LogP contribution >= 0.6 is 0 Å². The molecule has 0 unspecified atom stereocenters. The molecule has 1 atom stereocenters. The Morgan fingerprint density at radius 3 is 2.52 bits per heavy atom. The fourth-order valence-electron chi connectivity index (χ4n) is 3.16. The van der Waals surface area contributed by atoms with Crippen molar-refractivity contribution in [1.29, 1.82) is 0 Å². The number of benzene rings is 2. The molecular weight excluding hydrogens is 392 g/mol. The lowest BCUT2D eigenvalue weighted by Crippen LogP contribution is -2.32. The lowest BCUT2D eigenvalue weighted by atomic mass is 10.1. The van der Waals surface area contributed by atoms with Crippen molar-refractivity contribution in [3.8, 4) is 11.5 Å². The summed E-state index contributed by atoms with van der Waals surface area (Å²) in [5.41, 5.74) is 2.68. The van der Waals surface area contributed by atoms with Gasteiger partial charge in [0.15, 0.2) is 11.5 Å². The molecule has 7 nitrogen and oxygen atoms in total. The van der Waals surface area contributed by atoms with Gasteiger partial charge in [0.25, 0.3) is 0 Å². The summed E-state index contributed by atoms with van der Waals surface area (Å²) in [6.07, 6.45) is 1.78. The molecule has 1 N–H and O–H groups in total. The average molecular weight is 419 g/mol. The first kappa shape index (κ1) is 21.0. The van der Waals surface area contributed by atoms with Gasteiger partial charge in [0.05, 0.1) is 18.0 Å². The predicted octanol–water partition coefficient (Wildman–Crippen LogP) is 3.15. The zero-order chi connectivity index (χ0) is 21.0. The molecular formula is C21H26N2O5S. The van der Waals surface area contributed by atoms with E-state index in [4.69, 9.17) is 9.47 Å². The minimum atomic E-state index is -3.50. The van der Waals surface area contributed by atoms with E-state index >= 15 is 0 Å². The Balaban J connectivity index is 1.57. The van der Waals surface area contributed by atoms with Crippen molar-refractivity contribution in [3.63, 3.8) is 0 Å². The number of anilines is 1. The second-order valence-corrected chi connectivity index (χ2v) is 9.08. The van der Waals surface area contributed by atoms with Gasteiger partial charge in [-0.15, -0.1) is 0 Å². The summed E-state index contributed by atoms with van der Waals surface area (Å²) in [5.74, 6) is 0.990. The highest BCUT2D eigenvalue weighted by molar-refractivity contribution is 7.92. The minimum absolute atomic E-state index is 0.108. The molecule has 2 aromatic carbocycles. The standard InChI is InChI=1S/C21H26N2O5S/c1-15-6-8-17(9-7-15)16(2)22-21(24)5-4-12-23(29(3,25)26)18-10-11-19-20(13-18)28-14-27-19/h6-11,13,16H,4-5,12,14H2,1-3H3,(H,22,24)/t16-/m1/s1. The molecule has 1 amide bonds. The van der Waals surface area contributed by atoms with Gasteiger partial charge in [-0.1, -0.05) is 29.8 Å². The van der Waals surface area contributed by atoms with E-state index in [1.807, 2.05) is 38.1 Å². The Labute approximate surface area is 171 Å². The summed E-state index contributed by atoms with van der Waals surface area (Å²) >= 11 is 0. The SMILES string of the molecule is Cc1ccc([C@@H](C)NC(=O)CCCN(c2ccc3c(c2)OCO3)S(C)(=O)=O)cc1. The van der Waals surface area contributed by atoms with Crippen molar-refractivity contribution in [3.05, 3.63) is 53.6 Å². The summed E-state index contributed by atoms with van der Waals surface area (Å²) in [7, 11) is -3.50. The second kappa shape index (κ2) is 8.73. The van der Waals surface area contributed by atoms with Crippen LogP contribution in [0.3, 0.4) is 0 Å². The number of nitrogens with zero attached hydrogens (tertiary/aromatic N) is 1. The molecule has 0 radical (unpaired) electrons. The van der Waals surface area contributed by atoms with Crippen molar-refractivity contribution in [2.45, 2.75) is 32.7 Å². The van der Waals surface area contributed by atoms with Crippen molar-refractivity contribution in [2.75, 3.05) is 23.9 Å². The number of amides is 1. The third-order valence-corrected chi connectivity index (χ3v) is 5.96. The summed E-state index contributed by atoms with van der Waals surface area (Å²) in [4.78, 5) is 12.3. The molecule has 2 aromatic rings. The van der Waals surface area contributed by atoms with Crippen molar-refractivity contribution in [2.24, 2.45) is 0 Å². The molecule has 29 heavy (non-hydrogen) atoms. The van der Waals surface area contributed by atoms with Crippen LogP contribution in [0.2, 0.25) is 0 Å². The zero-order valence-electron chi connectivity index (χ0n) is 16.8. The molecule has 1 aliphatic heterocycles. The Morgan fingerprint density at radius 2 is 1.83 bits per heavy atom. The highest BCUT2D eigenvalue weighted by Crippen LogP contribution is 2.36. The van der Waals surface area contributed by atoms with E-state index < -0.39 is 10.0 Å². The monoisotopic (exact) mass is 418 g/mol. The van der Waals surface area contributed by atoms with Crippen LogP contribution in [0.25, 0.3) is 0 Å². The van der Waals surface area contributed by atoms with Crippen molar-refractivity contribution < 1.29 is 22.7 Å². The van der Waals surface area contributed by atoms with Gasteiger partial charge in [0, 0.05) is 19.0 Å². The van der Waals surface area contributed by atoms with Crippen LogP contribution in [-0.2, 0) is 14.8 Å². The quantitative estimate of drug-likeness (QED) is 0.712. The number of nitrogens with one attached hydrogen (secondary N) is 1. The summed E-state index contributed by atoms with van der Waals surface area (Å²) in [5, 5.41) is 2.96. The fraction of sp³-hybridized carbons (Fsp3) is 0.381. The Morgan fingerprint density at radius 1 is 1.14 bits per heavy atom. The smallest absolute Gasteiger partial charge is 0.232 e. The van der Waals surface area contributed by atoms with Gasteiger partial charge in [-0.2, -0.15) is 0 Å². The molecule has 0 spiro atoms. The number of sulfonamides is 1. The normalized spacial score (nSPS) is 13.8. The Bertz CT molecular complexity index is 973. The van der Waals surface area contributed by atoms with Gasteiger partial charge in [-0.25, -0.2) is 8.42 Å². The third-order valence-electron chi connectivity index (χ3n) is 4.76. The largest absolute Gasteiger partial charge is 0.454 e. The molecule has 156 valence electrons. The number of hydrogen-bond acceptors (Lipinski definition) is 5. The molecule has 0 bridgehead atoms. The number of hydrogen-bond donors (Lipinski definition) is 1. The van der Waals surface area contributed by atoms with Crippen LogP contribution in [0, 0.1) is 6.92 Å². The van der Waals surface area contributed by atoms with Gasteiger partial charge in [0.2, 0.25) is 22.7 Å². The molecule has 1 aliphatic rings. The van der Waals surface area contributed by atoms with Gasteiger partial charge in [0.1, 0.15) is 0 Å². The van der Waals surface area contributed by atoms with E-state index in [-0.39, 0.29) is 31.7 Å². The first-order valence-corrected chi connectivity index (χ1v) is 11.3. The number of carbonyl (C=O) groups excluding carboxylic acids is 1. The van der Waals surface area contributed by atoms with Crippen molar-refractivity contribution in [1.82, 2.24) is 5.32 Å². The summed E-state index contributed by atoms with van der Waals surface area (Å²) in [6, 6.07) is 12.9. The number of rotatable bonds is 8. The van der Waals surface area contributed by atoms with Crippen LogP contribution in [-0.4, -0.2) is 33.9 Å². The van der Waals surface area contributed by atoms with Crippen LogP contribution in [0.1, 0.15) is 36.9 Å². The van der Waals surface area contributed by atoms with E-state index in [0.29, 0.717) is 23.6 Å². The molecule has 3 rings (SSSR count). The maximum Gasteiger partial charge on any atom is 0.232 e. The highest BCUT2D eigenvalue weighted by Gasteiger charge is 2.21. The average Bonchev–Trinajstić information content (AvgIpc) is 3.12. The Kier molecular flexibility index (Phi) is 6.32. The van der Waals surface area contributed by atoms with Crippen molar-refractivity contribution >= 4 is 21.6 Å². The third kappa shape index (κ3) is 5.41. The number of ether oxygens (including phenoxy) is 2. The summed E-state index contributed by atoms with van der Waals surface area (Å²) in [6.45, 7) is 4.26. The molecule has 0 aromatic heterocycles. The number of carbonyl (C=O) groups is 1. The highest BCUT2D eigenvalue weighted by atomic mass is 32.2.